The number of methoxy groups -OCH3 is 2. The summed E-state index contributed by atoms with van der Waals surface area (Å²) in [5, 5.41) is 0. The summed E-state index contributed by atoms with van der Waals surface area (Å²) in [6.45, 7) is 0. The van der Waals surface area contributed by atoms with Gasteiger partial charge in [0, 0.05) is 22.7 Å². The van der Waals surface area contributed by atoms with E-state index in [1.54, 1.807) is 26.0 Å². The molecule has 0 aliphatic carbocycles. The van der Waals surface area contributed by atoms with Gasteiger partial charge in [0.1, 0.15) is 11.5 Å². The van der Waals surface area contributed by atoms with Crippen LogP contribution < -0.4 is 9.47 Å². The fourth-order valence-electron chi connectivity index (χ4n) is 1.80. The molecule has 0 amide bonds. The van der Waals surface area contributed by atoms with Crippen LogP contribution in [0.5, 0.6) is 11.5 Å². The number of ether oxygens (including phenoxy) is 2. The van der Waals surface area contributed by atoms with Crippen LogP contribution in [0.1, 0.15) is 5.56 Å². The fourth-order valence-corrected chi connectivity index (χ4v) is 2.35. The van der Waals surface area contributed by atoms with Crippen LogP contribution in [0.4, 0.5) is 5.69 Å². The van der Waals surface area contributed by atoms with E-state index in [1.807, 2.05) is 48.9 Å². The van der Waals surface area contributed by atoms with Crippen LogP contribution in [0, 0.1) is 0 Å². The molecule has 0 aliphatic rings. The number of aliphatic imine (C=N–C) groups is 1. The maximum atomic E-state index is 5.36. The summed E-state index contributed by atoms with van der Waals surface area (Å²) in [5.41, 5.74) is 1.88. The first-order valence-corrected chi connectivity index (χ1v) is 7.40. The smallest absolute Gasteiger partial charge is 0.131 e. The highest BCUT2D eigenvalue weighted by molar-refractivity contribution is 7.98. The number of thioether (sulfide) groups is 1. The minimum atomic E-state index is 0.745. The topological polar surface area (TPSA) is 30.8 Å². The molecule has 0 aromatic heterocycles. The van der Waals surface area contributed by atoms with E-state index in [2.05, 4.69) is 11.1 Å². The summed E-state index contributed by atoms with van der Waals surface area (Å²) in [6, 6.07) is 13.7. The van der Waals surface area contributed by atoms with Crippen LogP contribution in [-0.4, -0.2) is 26.7 Å². The van der Waals surface area contributed by atoms with Crippen molar-refractivity contribution in [2.24, 2.45) is 4.99 Å². The van der Waals surface area contributed by atoms with Crippen LogP contribution in [0.15, 0.2) is 52.4 Å². The number of hydrogen-bond acceptors (Lipinski definition) is 4. The number of hydrogen-bond donors (Lipinski definition) is 0. The molecule has 2 rings (SSSR count). The zero-order valence-corrected chi connectivity index (χ0v) is 12.6. The minimum Gasteiger partial charge on any atom is -0.497 e. The molecule has 0 saturated carbocycles. The number of nitrogens with zero attached hydrogens (tertiary/aromatic N) is 1. The van der Waals surface area contributed by atoms with Gasteiger partial charge < -0.3 is 9.47 Å². The third-order valence-electron chi connectivity index (χ3n) is 2.87. The van der Waals surface area contributed by atoms with Gasteiger partial charge in [0.25, 0.3) is 0 Å². The highest BCUT2D eigenvalue weighted by atomic mass is 32.2. The largest absolute Gasteiger partial charge is 0.497 e. The molecule has 2 aromatic rings. The van der Waals surface area contributed by atoms with Gasteiger partial charge in [0.05, 0.1) is 19.9 Å². The van der Waals surface area contributed by atoms with Crippen molar-refractivity contribution in [2.75, 3.05) is 20.5 Å². The van der Waals surface area contributed by atoms with E-state index in [1.165, 1.54) is 0 Å². The van der Waals surface area contributed by atoms with Gasteiger partial charge in [-0.3, -0.25) is 4.99 Å². The van der Waals surface area contributed by atoms with Crippen LogP contribution in [0.25, 0.3) is 0 Å². The Balaban J connectivity index is 2.31. The van der Waals surface area contributed by atoms with Crippen LogP contribution in [0.2, 0.25) is 0 Å². The molecule has 0 N–H and O–H groups in total. The predicted octanol–water partition coefficient (Wildman–Crippen LogP) is 4.18. The summed E-state index contributed by atoms with van der Waals surface area (Å²) < 4.78 is 10.5. The zero-order valence-electron chi connectivity index (χ0n) is 11.8. The summed E-state index contributed by atoms with van der Waals surface area (Å²) in [7, 11) is 3.28. The second-order valence-corrected chi connectivity index (χ2v) is 4.89. The number of benzene rings is 2. The Labute approximate surface area is 123 Å². The maximum Gasteiger partial charge on any atom is 0.131 e. The third-order valence-corrected chi connectivity index (χ3v) is 3.65. The first-order valence-electron chi connectivity index (χ1n) is 6.17. The van der Waals surface area contributed by atoms with Gasteiger partial charge in [-0.25, -0.2) is 0 Å². The SMILES string of the molecule is COc1ccc(C=Nc2ccccc2SC)c(OC)c1. The summed E-state index contributed by atoms with van der Waals surface area (Å²) in [4.78, 5) is 5.69. The van der Waals surface area contributed by atoms with Crippen molar-refractivity contribution >= 4 is 23.7 Å². The van der Waals surface area contributed by atoms with Crippen molar-refractivity contribution in [1.82, 2.24) is 0 Å². The maximum absolute atomic E-state index is 5.36. The molecule has 0 fully saturated rings. The average Bonchev–Trinajstić information content (AvgIpc) is 2.52. The van der Waals surface area contributed by atoms with Gasteiger partial charge in [0.2, 0.25) is 0 Å². The lowest BCUT2D eigenvalue weighted by atomic mass is 10.2. The van der Waals surface area contributed by atoms with E-state index in [4.69, 9.17) is 9.47 Å². The Bertz CT molecular complexity index is 611. The van der Waals surface area contributed by atoms with Crippen LogP contribution in [-0.2, 0) is 0 Å². The van der Waals surface area contributed by atoms with E-state index in [9.17, 15) is 0 Å². The lowest BCUT2D eigenvalue weighted by molar-refractivity contribution is 0.394. The van der Waals surface area contributed by atoms with Gasteiger partial charge in [-0.1, -0.05) is 12.1 Å². The highest BCUT2D eigenvalue weighted by Gasteiger charge is 2.03. The predicted molar refractivity (Wildman–Crippen MR) is 85.0 cm³/mol. The van der Waals surface area contributed by atoms with Crippen molar-refractivity contribution in [3.05, 3.63) is 48.0 Å². The molecule has 0 radical (unpaired) electrons. The Morgan fingerprint density at radius 3 is 2.55 bits per heavy atom. The molecule has 0 atom stereocenters. The van der Waals surface area contributed by atoms with Crippen LogP contribution in [0.3, 0.4) is 0 Å². The van der Waals surface area contributed by atoms with Crippen LogP contribution >= 0.6 is 11.8 Å². The minimum absolute atomic E-state index is 0.745. The van der Waals surface area contributed by atoms with Gasteiger partial charge in [-0.2, -0.15) is 0 Å². The van der Waals surface area contributed by atoms with E-state index in [0.717, 1.165) is 27.6 Å². The lowest BCUT2D eigenvalue weighted by Crippen LogP contribution is -1.92. The molecular formula is C16H17NO2S. The Hall–Kier alpha value is -1.94. The highest BCUT2D eigenvalue weighted by Crippen LogP contribution is 2.28. The van der Waals surface area contributed by atoms with Crippen molar-refractivity contribution < 1.29 is 9.47 Å². The monoisotopic (exact) mass is 287 g/mol. The summed E-state index contributed by atoms with van der Waals surface area (Å²) in [6.07, 6.45) is 3.86. The molecule has 0 saturated heterocycles. The zero-order chi connectivity index (χ0) is 14.4. The molecule has 104 valence electrons. The van der Waals surface area contributed by atoms with Gasteiger partial charge in [-0.05, 0) is 30.5 Å². The second kappa shape index (κ2) is 7.01. The van der Waals surface area contributed by atoms with Crippen molar-refractivity contribution in [3.63, 3.8) is 0 Å². The normalized spacial score (nSPS) is 10.8. The van der Waals surface area contributed by atoms with Crippen molar-refractivity contribution in [2.45, 2.75) is 4.90 Å². The number of rotatable bonds is 5. The van der Waals surface area contributed by atoms with E-state index >= 15 is 0 Å². The van der Waals surface area contributed by atoms with Gasteiger partial charge in [-0.15, -0.1) is 11.8 Å². The molecule has 0 spiro atoms. The Kier molecular flexibility index (Phi) is 5.07. The standard InChI is InChI=1S/C16H17NO2S/c1-18-13-9-8-12(15(10-13)19-2)11-17-14-6-4-5-7-16(14)20-3/h4-11H,1-3H3. The van der Waals surface area contributed by atoms with E-state index < -0.39 is 0 Å². The molecule has 20 heavy (non-hydrogen) atoms. The fraction of sp³-hybridized carbons (Fsp3) is 0.188. The third kappa shape index (κ3) is 3.33. The average molecular weight is 287 g/mol. The number of para-hydroxylation sites is 1. The molecule has 0 unspecified atom stereocenters. The van der Waals surface area contributed by atoms with Crippen molar-refractivity contribution in [1.29, 1.82) is 0 Å². The Morgan fingerprint density at radius 1 is 1.05 bits per heavy atom. The lowest BCUT2D eigenvalue weighted by Gasteiger charge is -2.07. The Morgan fingerprint density at radius 2 is 1.85 bits per heavy atom. The van der Waals surface area contributed by atoms with Crippen molar-refractivity contribution in [3.8, 4) is 11.5 Å². The van der Waals surface area contributed by atoms with E-state index in [-0.39, 0.29) is 0 Å². The molecule has 0 bridgehead atoms. The molecule has 0 aliphatic heterocycles. The quantitative estimate of drug-likeness (QED) is 0.610. The molecule has 4 heteroatoms. The second-order valence-electron chi connectivity index (χ2n) is 4.04. The summed E-state index contributed by atoms with van der Waals surface area (Å²) in [5.74, 6) is 1.51. The molecule has 0 heterocycles. The van der Waals surface area contributed by atoms with Gasteiger partial charge >= 0.3 is 0 Å². The first kappa shape index (κ1) is 14.5. The molecule has 2 aromatic carbocycles. The summed E-state index contributed by atoms with van der Waals surface area (Å²) >= 11 is 1.68. The molecule has 3 nitrogen and oxygen atoms in total. The van der Waals surface area contributed by atoms with E-state index in [0.29, 0.717) is 0 Å². The first-order chi connectivity index (χ1) is 9.78. The van der Waals surface area contributed by atoms with Gasteiger partial charge in [0.15, 0.2) is 0 Å². The molecular weight excluding hydrogens is 270 g/mol.